The van der Waals surface area contributed by atoms with Gasteiger partial charge in [-0.3, -0.25) is 4.79 Å². The highest BCUT2D eigenvalue weighted by Gasteiger charge is 2.22. The van der Waals surface area contributed by atoms with Crippen LogP contribution in [0.3, 0.4) is 0 Å². The number of rotatable bonds is 5. The van der Waals surface area contributed by atoms with Gasteiger partial charge in [-0.15, -0.1) is 11.6 Å². The van der Waals surface area contributed by atoms with E-state index >= 15 is 0 Å². The minimum absolute atomic E-state index is 0.0397. The van der Waals surface area contributed by atoms with E-state index < -0.39 is 11.4 Å². The van der Waals surface area contributed by atoms with Crippen molar-refractivity contribution in [2.75, 3.05) is 12.5 Å². The Kier molecular flexibility index (Phi) is 3.61. The van der Waals surface area contributed by atoms with Crippen molar-refractivity contribution >= 4 is 22.5 Å². The summed E-state index contributed by atoms with van der Waals surface area (Å²) in [6.07, 6.45) is 2.75. The number of fused-ring (bicyclic) bond motifs is 1. The predicted molar refractivity (Wildman–Crippen MR) is 75.0 cm³/mol. The van der Waals surface area contributed by atoms with Crippen molar-refractivity contribution in [2.45, 2.75) is 19.3 Å². The van der Waals surface area contributed by atoms with Gasteiger partial charge in [0, 0.05) is 24.4 Å². The van der Waals surface area contributed by atoms with Crippen LogP contribution in [-0.2, 0) is 6.42 Å². The largest absolute Gasteiger partial charge is 0.493 e. The zero-order valence-corrected chi connectivity index (χ0v) is 11.5. The average Bonchev–Trinajstić information content (AvgIpc) is 3.19. The molecular formula is C14H14ClFN2O2. The first kappa shape index (κ1) is 13.4. The number of halogens is 2. The van der Waals surface area contributed by atoms with Crippen LogP contribution in [0.25, 0.3) is 10.9 Å². The highest BCUT2D eigenvalue weighted by molar-refractivity contribution is 6.17. The number of aromatic amines is 1. The first-order valence-corrected chi connectivity index (χ1v) is 7.12. The van der Waals surface area contributed by atoms with Gasteiger partial charge in [0.25, 0.3) is 5.56 Å². The molecule has 0 amide bonds. The zero-order chi connectivity index (χ0) is 14.1. The van der Waals surface area contributed by atoms with Crippen molar-refractivity contribution in [3.8, 4) is 5.75 Å². The second-order valence-corrected chi connectivity index (χ2v) is 5.38. The number of nitrogens with one attached hydrogen (secondary N) is 1. The van der Waals surface area contributed by atoms with E-state index in [1.165, 1.54) is 6.07 Å². The van der Waals surface area contributed by atoms with E-state index in [9.17, 15) is 9.18 Å². The summed E-state index contributed by atoms with van der Waals surface area (Å²) >= 11 is 5.63. The molecule has 1 heterocycles. The van der Waals surface area contributed by atoms with Crippen molar-refractivity contribution in [1.82, 2.24) is 9.97 Å². The van der Waals surface area contributed by atoms with Gasteiger partial charge < -0.3 is 9.72 Å². The molecule has 1 aromatic carbocycles. The van der Waals surface area contributed by atoms with Gasteiger partial charge in [-0.05, 0) is 18.8 Å². The first-order chi connectivity index (χ1) is 9.67. The minimum atomic E-state index is -0.612. The predicted octanol–water partition coefficient (Wildman–Crippen LogP) is 2.63. The average molecular weight is 297 g/mol. The summed E-state index contributed by atoms with van der Waals surface area (Å²) < 4.78 is 19.5. The van der Waals surface area contributed by atoms with Crippen molar-refractivity contribution in [1.29, 1.82) is 0 Å². The van der Waals surface area contributed by atoms with Crippen LogP contribution < -0.4 is 10.3 Å². The third-order valence-electron chi connectivity index (χ3n) is 3.30. The molecule has 1 fully saturated rings. The second kappa shape index (κ2) is 5.40. The Morgan fingerprint density at radius 3 is 2.95 bits per heavy atom. The highest BCUT2D eigenvalue weighted by Crippen LogP contribution is 2.30. The third kappa shape index (κ3) is 2.77. The number of aryl methyl sites for hydroxylation is 1. The van der Waals surface area contributed by atoms with Crippen molar-refractivity contribution in [2.24, 2.45) is 5.92 Å². The summed E-state index contributed by atoms with van der Waals surface area (Å²) in [6.45, 7) is 0.586. The maximum absolute atomic E-state index is 14.0. The van der Waals surface area contributed by atoms with Crippen LogP contribution in [0, 0.1) is 11.7 Å². The fourth-order valence-corrected chi connectivity index (χ4v) is 2.22. The van der Waals surface area contributed by atoms with Crippen LogP contribution in [0.4, 0.5) is 4.39 Å². The monoisotopic (exact) mass is 296 g/mol. The van der Waals surface area contributed by atoms with Crippen LogP contribution in [0.5, 0.6) is 5.75 Å². The lowest BCUT2D eigenvalue weighted by molar-refractivity contribution is 0.299. The lowest BCUT2D eigenvalue weighted by atomic mass is 10.2. The maximum atomic E-state index is 14.0. The molecule has 3 rings (SSSR count). The topological polar surface area (TPSA) is 55.0 Å². The molecule has 1 aliphatic rings. The molecular weight excluding hydrogens is 283 g/mol. The molecule has 20 heavy (non-hydrogen) atoms. The Morgan fingerprint density at radius 2 is 2.25 bits per heavy atom. The van der Waals surface area contributed by atoms with Gasteiger partial charge in [0.1, 0.15) is 22.8 Å². The standard InChI is InChI=1S/C14H14ClFN2O2/c15-4-3-12-17-11-6-9(20-7-8-1-2-8)5-10(16)13(11)14(19)18-12/h5-6,8H,1-4,7H2,(H,17,18,19). The van der Waals surface area contributed by atoms with Crippen molar-refractivity contribution in [3.05, 3.63) is 34.1 Å². The molecule has 0 saturated heterocycles. The molecule has 106 valence electrons. The van der Waals surface area contributed by atoms with Gasteiger partial charge in [0.05, 0.1) is 12.1 Å². The molecule has 4 nitrogen and oxygen atoms in total. The van der Waals surface area contributed by atoms with Crippen molar-refractivity contribution in [3.63, 3.8) is 0 Å². The maximum Gasteiger partial charge on any atom is 0.261 e. The molecule has 0 atom stereocenters. The number of hydrogen-bond donors (Lipinski definition) is 1. The highest BCUT2D eigenvalue weighted by atomic mass is 35.5. The molecule has 0 unspecified atom stereocenters. The molecule has 1 saturated carbocycles. The van der Waals surface area contributed by atoms with Gasteiger partial charge in [0.15, 0.2) is 0 Å². The molecule has 6 heteroatoms. The van der Waals surface area contributed by atoms with Gasteiger partial charge >= 0.3 is 0 Å². The van der Waals surface area contributed by atoms with Crippen LogP contribution in [0.1, 0.15) is 18.7 Å². The van der Waals surface area contributed by atoms with Gasteiger partial charge in [-0.1, -0.05) is 0 Å². The van der Waals surface area contributed by atoms with Crippen LogP contribution in [0.2, 0.25) is 0 Å². The fourth-order valence-electron chi connectivity index (χ4n) is 2.04. The van der Waals surface area contributed by atoms with Gasteiger partial charge in [-0.2, -0.15) is 0 Å². The van der Waals surface area contributed by atoms with E-state index in [0.29, 0.717) is 41.9 Å². The number of hydrogen-bond acceptors (Lipinski definition) is 3. The van der Waals surface area contributed by atoms with E-state index in [4.69, 9.17) is 16.3 Å². The van der Waals surface area contributed by atoms with Crippen LogP contribution >= 0.6 is 11.6 Å². The summed E-state index contributed by atoms with van der Waals surface area (Å²) in [5, 5.41) is -0.0397. The summed E-state index contributed by atoms with van der Waals surface area (Å²) in [5.41, 5.74) is -0.180. The number of nitrogens with zero attached hydrogens (tertiary/aromatic N) is 1. The Balaban J connectivity index is 2.00. The Bertz CT molecular complexity index is 697. The van der Waals surface area contributed by atoms with Gasteiger partial charge in [0.2, 0.25) is 0 Å². The van der Waals surface area contributed by atoms with E-state index in [-0.39, 0.29) is 5.39 Å². The number of aromatic nitrogens is 2. The Morgan fingerprint density at radius 1 is 1.45 bits per heavy atom. The second-order valence-electron chi connectivity index (χ2n) is 5.01. The van der Waals surface area contributed by atoms with Crippen molar-refractivity contribution < 1.29 is 9.13 Å². The number of alkyl halides is 1. The fraction of sp³-hybridized carbons (Fsp3) is 0.429. The molecule has 1 aliphatic carbocycles. The van der Waals surface area contributed by atoms with E-state index in [0.717, 1.165) is 12.8 Å². The molecule has 0 bridgehead atoms. The lowest BCUT2D eigenvalue weighted by Crippen LogP contribution is -2.14. The minimum Gasteiger partial charge on any atom is -0.493 e. The Labute approximate surface area is 119 Å². The summed E-state index contributed by atoms with van der Waals surface area (Å²) in [5.74, 6) is 1.18. The first-order valence-electron chi connectivity index (χ1n) is 6.58. The number of benzene rings is 1. The lowest BCUT2D eigenvalue weighted by Gasteiger charge is -2.07. The van der Waals surface area contributed by atoms with Crippen LogP contribution in [0.15, 0.2) is 16.9 Å². The number of ether oxygens (including phenoxy) is 1. The number of H-pyrrole nitrogens is 1. The van der Waals surface area contributed by atoms with E-state index in [2.05, 4.69) is 9.97 Å². The van der Waals surface area contributed by atoms with E-state index in [1.54, 1.807) is 6.07 Å². The van der Waals surface area contributed by atoms with Gasteiger partial charge in [-0.25, -0.2) is 9.37 Å². The molecule has 1 N–H and O–H groups in total. The summed E-state index contributed by atoms with van der Waals surface area (Å²) in [7, 11) is 0. The normalized spacial score (nSPS) is 14.7. The van der Waals surface area contributed by atoms with Crippen LogP contribution in [-0.4, -0.2) is 22.5 Å². The SMILES string of the molecule is O=c1[nH]c(CCCl)nc2cc(OCC3CC3)cc(F)c12. The third-order valence-corrected chi connectivity index (χ3v) is 3.49. The molecule has 2 aromatic rings. The summed E-state index contributed by atoms with van der Waals surface area (Å²) in [6, 6.07) is 2.84. The zero-order valence-electron chi connectivity index (χ0n) is 10.8. The molecule has 0 radical (unpaired) electrons. The quantitative estimate of drug-likeness (QED) is 0.863. The molecule has 1 aromatic heterocycles. The Hall–Kier alpha value is -1.62. The summed E-state index contributed by atoms with van der Waals surface area (Å²) in [4.78, 5) is 18.6. The molecule has 0 aliphatic heterocycles. The molecule has 0 spiro atoms. The van der Waals surface area contributed by atoms with E-state index in [1.807, 2.05) is 0 Å². The smallest absolute Gasteiger partial charge is 0.261 e.